The molecule has 0 N–H and O–H groups in total. The smallest absolute Gasteiger partial charge is 0.293 e. The van der Waals surface area contributed by atoms with Gasteiger partial charge in [-0.05, 0) is 34.7 Å². The van der Waals surface area contributed by atoms with Gasteiger partial charge < -0.3 is 0 Å². The van der Waals surface area contributed by atoms with Gasteiger partial charge in [-0.1, -0.05) is 0 Å². The molecule has 0 unspecified atom stereocenters. The summed E-state index contributed by atoms with van der Waals surface area (Å²) in [5.74, 6) is -0.953. The number of Topliss-reactive ketones (excluding diaryl/α,β-unsaturated/α-hetero) is 1. The SMILES string of the molecule is N#Cc1c(C(=O)CCl)ccc(C(F)(F)F)c1I. The first-order chi connectivity index (χ1) is 7.82. The minimum Gasteiger partial charge on any atom is -0.293 e. The summed E-state index contributed by atoms with van der Waals surface area (Å²) >= 11 is 6.72. The van der Waals surface area contributed by atoms with Crippen LogP contribution in [0.3, 0.4) is 0 Å². The molecule has 0 saturated heterocycles. The van der Waals surface area contributed by atoms with Crippen molar-refractivity contribution in [2.45, 2.75) is 6.18 Å². The number of carbonyl (C=O) groups is 1. The normalized spacial score (nSPS) is 11.1. The highest BCUT2D eigenvalue weighted by atomic mass is 127. The lowest BCUT2D eigenvalue weighted by molar-refractivity contribution is -0.138. The van der Waals surface area contributed by atoms with Gasteiger partial charge in [0.1, 0.15) is 6.07 Å². The molecule has 0 aliphatic heterocycles. The average Bonchev–Trinajstić information content (AvgIpc) is 2.25. The van der Waals surface area contributed by atoms with E-state index < -0.39 is 17.5 Å². The van der Waals surface area contributed by atoms with E-state index in [0.717, 1.165) is 12.1 Å². The fourth-order valence-corrected chi connectivity index (χ4v) is 2.25. The molecule has 0 aliphatic rings. The summed E-state index contributed by atoms with van der Waals surface area (Å²) in [6.45, 7) is 0. The van der Waals surface area contributed by atoms with Crippen LogP contribution in [0.2, 0.25) is 0 Å². The van der Waals surface area contributed by atoms with Crippen LogP contribution in [-0.4, -0.2) is 11.7 Å². The Balaban J connectivity index is 3.50. The van der Waals surface area contributed by atoms with E-state index in [4.69, 9.17) is 16.9 Å². The molecule has 1 aromatic rings. The fourth-order valence-electron chi connectivity index (χ4n) is 1.21. The Labute approximate surface area is 114 Å². The van der Waals surface area contributed by atoms with Gasteiger partial charge in [-0.2, -0.15) is 18.4 Å². The standard InChI is InChI=1S/C10H4ClF3INO/c11-3-8(17)5-1-2-7(10(12,13)14)9(15)6(5)4-16/h1-2H,3H2. The molecule has 0 radical (unpaired) electrons. The lowest BCUT2D eigenvalue weighted by Gasteiger charge is -2.11. The second kappa shape index (κ2) is 5.23. The molecule has 1 aromatic carbocycles. The van der Waals surface area contributed by atoms with Gasteiger partial charge in [0.2, 0.25) is 0 Å². The van der Waals surface area contributed by atoms with Crippen molar-refractivity contribution in [2.75, 3.05) is 5.88 Å². The van der Waals surface area contributed by atoms with Gasteiger partial charge in [0, 0.05) is 9.13 Å². The molecule has 0 amide bonds. The van der Waals surface area contributed by atoms with Crippen molar-refractivity contribution < 1.29 is 18.0 Å². The van der Waals surface area contributed by atoms with Crippen molar-refractivity contribution in [3.63, 3.8) is 0 Å². The third-order valence-corrected chi connectivity index (χ3v) is 3.34. The lowest BCUT2D eigenvalue weighted by atomic mass is 10.0. The molecule has 0 heterocycles. The van der Waals surface area contributed by atoms with Crippen LogP contribution in [0.4, 0.5) is 13.2 Å². The number of nitriles is 1. The Kier molecular flexibility index (Phi) is 4.38. The fraction of sp³-hybridized carbons (Fsp3) is 0.200. The first-order valence-corrected chi connectivity index (χ1v) is 5.83. The largest absolute Gasteiger partial charge is 0.417 e. The predicted octanol–water partition coefficient (Wildman–Crippen LogP) is 3.60. The Morgan fingerprint density at radius 1 is 1.47 bits per heavy atom. The Hall–Kier alpha value is -0.810. The Bertz CT molecular complexity index is 507. The van der Waals surface area contributed by atoms with E-state index in [1.807, 2.05) is 0 Å². The van der Waals surface area contributed by atoms with Gasteiger partial charge >= 0.3 is 6.18 Å². The summed E-state index contributed by atoms with van der Waals surface area (Å²) < 4.78 is 37.4. The number of ketones is 1. The number of halogens is 5. The number of rotatable bonds is 2. The van der Waals surface area contributed by atoms with E-state index in [2.05, 4.69) is 0 Å². The number of nitrogens with zero attached hydrogens (tertiary/aromatic N) is 1. The van der Waals surface area contributed by atoms with Crippen molar-refractivity contribution in [2.24, 2.45) is 0 Å². The van der Waals surface area contributed by atoms with Crippen molar-refractivity contribution in [1.29, 1.82) is 5.26 Å². The van der Waals surface area contributed by atoms with E-state index >= 15 is 0 Å². The summed E-state index contributed by atoms with van der Waals surface area (Å²) in [5, 5.41) is 8.82. The maximum Gasteiger partial charge on any atom is 0.417 e. The van der Waals surface area contributed by atoms with E-state index in [0.29, 0.717) is 0 Å². The van der Waals surface area contributed by atoms with Crippen LogP contribution in [0.5, 0.6) is 0 Å². The maximum atomic E-state index is 12.6. The van der Waals surface area contributed by atoms with Gasteiger partial charge in [-0.15, -0.1) is 11.6 Å². The molecule has 0 saturated carbocycles. The minimum atomic E-state index is -4.55. The molecule has 0 atom stereocenters. The number of benzene rings is 1. The molecule has 0 spiro atoms. The molecule has 0 aromatic heterocycles. The summed E-state index contributed by atoms with van der Waals surface area (Å²) in [6, 6.07) is 3.37. The number of alkyl halides is 4. The van der Waals surface area contributed by atoms with Gasteiger partial charge in [0.15, 0.2) is 5.78 Å². The third kappa shape index (κ3) is 2.90. The lowest BCUT2D eigenvalue weighted by Crippen LogP contribution is -2.12. The van der Waals surface area contributed by atoms with E-state index in [1.165, 1.54) is 22.6 Å². The zero-order valence-corrected chi connectivity index (χ0v) is 11.0. The second-order valence-electron chi connectivity index (χ2n) is 3.02. The number of carbonyl (C=O) groups excluding carboxylic acids is 1. The molecule has 0 aliphatic carbocycles. The van der Waals surface area contributed by atoms with E-state index in [9.17, 15) is 18.0 Å². The van der Waals surface area contributed by atoms with E-state index in [-0.39, 0.29) is 20.6 Å². The zero-order valence-electron chi connectivity index (χ0n) is 8.11. The van der Waals surface area contributed by atoms with Gasteiger partial charge in [-0.25, -0.2) is 0 Å². The molecule has 1 rings (SSSR count). The zero-order chi connectivity index (χ0) is 13.2. The van der Waals surface area contributed by atoms with Crippen LogP contribution < -0.4 is 0 Å². The van der Waals surface area contributed by atoms with E-state index in [1.54, 1.807) is 6.07 Å². The highest BCUT2D eigenvalue weighted by Crippen LogP contribution is 2.35. The Morgan fingerprint density at radius 3 is 2.47 bits per heavy atom. The summed E-state index contributed by atoms with van der Waals surface area (Å²) in [5.41, 5.74) is -1.30. The van der Waals surface area contributed by atoms with Crippen molar-refractivity contribution in [3.8, 4) is 6.07 Å². The Morgan fingerprint density at radius 2 is 2.06 bits per heavy atom. The predicted molar refractivity (Wildman–Crippen MR) is 63.9 cm³/mol. The van der Waals surface area contributed by atoms with Crippen LogP contribution >= 0.6 is 34.2 Å². The topological polar surface area (TPSA) is 40.9 Å². The quantitative estimate of drug-likeness (QED) is 0.451. The van der Waals surface area contributed by atoms with Crippen LogP contribution in [-0.2, 0) is 6.18 Å². The molecule has 0 fully saturated rings. The van der Waals surface area contributed by atoms with Gasteiger partial charge in [-0.3, -0.25) is 4.79 Å². The van der Waals surface area contributed by atoms with Crippen molar-refractivity contribution in [3.05, 3.63) is 32.4 Å². The molecule has 7 heteroatoms. The number of hydrogen-bond acceptors (Lipinski definition) is 2. The van der Waals surface area contributed by atoms with Crippen molar-refractivity contribution >= 4 is 40.0 Å². The molecule has 17 heavy (non-hydrogen) atoms. The number of hydrogen-bond donors (Lipinski definition) is 0. The second-order valence-corrected chi connectivity index (χ2v) is 4.36. The monoisotopic (exact) mass is 373 g/mol. The van der Waals surface area contributed by atoms with Crippen LogP contribution in [0.25, 0.3) is 0 Å². The molecular weight excluding hydrogens is 369 g/mol. The van der Waals surface area contributed by atoms with Crippen LogP contribution in [0.1, 0.15) is 21.5 Å². The molecule has 0 bridgehead atoms. The van der Waals surface area contributed by atoms with Gasteiger partial charge in [0.25, 0.3) is 0 Å². The maximum absolute atomic E-state index is 12.6. The summed E-state index contributed by atoms with van der Waals surface area (Å²) in [4.78, 5) is 11.3. The first-order valence-electron chi connectivity index (χ1n) is 4.22. The molecule has 2 nitrogen and oxygen atoms in total. The first kappa shape index (κ1) is 14.3. The highest BCUT2D eigenvalue weighted by molar-refractivity contribution is 14.1. The molecular formula is C10H4ClF3INO. The van der Waals surface area contributed by atoms with Gasteiger partial charge in [0.05, 0.1) is 17.0 Å². The summed E-state index contributed by atoms with van der Waals surface area (Å²) in [6.07, 6.45) is -4.55. The van der Waals surface area contributed by atoms with Crippen LogP contribution in [0, 0.1) is 14.9 Å². The minimum absolute atomic E-state index is 0.0834. The highest BCUT2D eigenvalue weighted by Gasteiger charge is 2.34. The van der Waals surface area contributed by atoms with Crippen LogP contribution in [0.15, 0.2) is 12.1 Å². The average molecular weight is 373 g/mol. The third-order valence-electron chi connectivity index (χ3n) is 1.98. The molecule has 90 valence electrons. The summed E-state index contributed by atoms with van der Waals surface area (Å²) in [7, 11) is 0. The van der Waals surface area contributed by atoms with Crippen molar-refractivity contribution in [1.82, 2.24) is 0 Å².